The number of aryl methyl sites for hydroxylation is 1. The van der Waals surface area contributed by atoms with E-state index in [9.17, 15) is 9.90 Å². The molecule has 0 amide bonds. The topological polar surface area (TPSA) is 37.3 Å². The van der Waals surface area contributed by atoms with Crippen molar-refractivity contribution in [1.82, 2.24) is 0 Å². The van der Waals surface area contributed by atoms with E-state index in [0.29, 0.717) is 5.02 Å². The van der Waals surface area contributed by atoms with Crippen LogP contribution < -0.4 is 0 Å². The SMILES string of the molecule is Cc1ccc(S[C@H](C(=O)O)c2ccc(Cl)cc2)cc1. The largest absolute Gasteiger partial charge is 0.480 e. The summed E-state index contributed by atoms with van der Waals surface area (Å²) in [5.74, 6) is -0.854. The van der Waals surface area contributed by atoms with Crippen molar-refractivity contribution in [2.75, 3.05) is 0 Å². The van der Waals surface area contributed by atoms with Crippen LogP contribution in [-0.4, -0.2) is 11.1 Å². The van der Waals surface area contributed by atoms with Gasteiger partial charge in [-0.05, 0) is 36.8 Å². The third-order valence-corrected chi connectivity index (χ3v) is 4.18. The lowest BCUT2D eigenvalue weighted by molar-refractivity contribution is -0.136. The Kier molecular flexibility index (Phi) is 4.51. The fraction of sp³-hybridized carbons (Fsp3) is 0.133. The molecule has 2 rings (SSSR count). The summed E-state index contributed by atoms with van der Waals surface area (Å²) in [5, 5.41) is 9.34. The van der Waals surface area contributed by atoms with Crippen molar-refractivity contribution < 1.29 is 9.90 Å². The molecule has 0 spiro atoms. The molecule has 2 aromatic rings. The van der Waals surface area contributed by atoms with Gasteiger partial charge in [0.2, 0.25) is 0 Å². The molecule has 0 aliphatic rings. The summed E-state index contributed by atoms with van der Waals surface area (Å²) in [7, 11) is 0. The van der Waals surface area contributed by atoms with Crippen LogP contribution in [0.25, 0.3) is 0 Å². The lowest BCUT2D eigenvalue weighted by atomic mass is 10.1. The first-order valence-electron chi connectivity index (χ1n) is 5.78. The Balaban J connectivity index is 2.23. The summed E-state index contributed by atoms with van der Waals surface area (Å²) in [5.41, 5.74) is 1.89. The predicted molar refractivity (Wildman–Crippen MR) is 78.9 cm³/mol. The maximum absolute atomic E-state index is 11.4. The van der Waals surface area contributed by atoms with Gasteiger partial charge in [-0.2, -0.15) is 0 Å². The second-order valence-electron chi connectivity index (χ2n) is 4.20. The minimum absolute atomic E-state index is 0.605. The van der Waals surface area contributed by atoms with Crippen LogP contribution in [0.2, 0.25) is 5.02 Å². The Morgan fingerprint density at radius 1 is 1.11 bits per heavy atom. The zero-order chi connectivity index (χ0) is 13.8. The van der Waals surface area contributed by atoms with E-state index >= 15 is 0 Å². The van der Waals surface area contributed by atoms with E-state index in [0.717, 1.165) is 16.0 Å². The number of carbonyl (C=O) groups is 1. The number of thioether (sulfide) groups is 1. The van der Waals surface area contributed by atoms with E-state index in [1.54, 1.807) is 24.3 Å². The zero-order valence-corrected chi connectivity index (χ0v) is 11.9. The van der Waals surface area contributed by atoms with E-state index in [1.807, 2.05) is 31.2 Å². The molecule has 2 aromatic carbocycles. The molecule has 0 bridgehead atoms. The summed E-state index contributed by atoms with van der Waals surface area (Å²) in [6.07, 6.45) is 0. The summed E-state index contributed by atoms with van der Waals surface area (Å²) in [4.78, 5) is 12.3. The number of hydrogen-bond acceptors (Lipinski definition) is 2. The molecule has 0 heterocycles. The molecular formula is C15H13ClO2S. The van der Waals surface area contributed by atoms with Gasteiger partial charge in [-0.25, -0.2) is 0 Å². The summed E-state index contributed by atoms with van der Waals surface area (Å²) >= 11 is 7.14. The van der Waals surface area contributed by atoms with E-state index in [2.05, 4.69) is 0 Å². The van der Waals surface area contributed by atoms with Crippen molar-refractivity contribution in [1.29, 1.82) is 0 Å². The molecular weight excluding hydrogens is 280 g/mol. The fourth-order valence-corrected chi connectivity index (χ4v) is 2.74. The Morgan fingerprint density at radius 3 is 2.21 bits per heavy atom. The second-order valence-corrected chi connectivity index (χ2v) is 5.82. The van der Waals surface area contributed by atoms with Crippen LogP contribution in [0.4, 0.5) is 0 Å². The normalized spacial score (nSPS) is 12.1. The van der Waals surface area contributed by atoms with Crippen molar-refractivity contribution in [3.05, 3.63) is 64.7 Å². The lowest BCUT2D eigenvalue weighted by Crippen LogP contribution is -2.07. The molecule has 0 fully saturated rings. The summed E-state index contributed by atoms with van der Waals surface area (Å²) in [6.45, 7) is 2.00. The van der Waals surface area contributed by atoms with E-state index in [1.165, 1.54) is 11.8 Å². The molecule has 0 unspecified atom stereocenters. The van der Waals surface area contributed by atoms with Crippen LogP contribution >= 0.6 is 23.4 Å². The third-order valence-electron chi connectivity index (χ3n) is 2.67. The second kappa shape index (κ2) is 6.13. The van der Waals surface area contributed by atoms with E-state index in [4.69, 9.17) is 11.6 Å². The maximum Gasteiger partial charge on any atom is 0.321 e. The van der Waals surface area contributed by atoms with Gasteiger partial charge >= 0.3 is 5.97 Å². The number of carboxylic acid groups (broad SMARTS) is 1. The van der Waals surface area contributed by atoms with Gasteiger partial charge in [0.15, 0.2) is 0 Å². The van der Waals surface area contributed by atoms with Gasteiger partial charge in [0.05, 0.1) is 0 Å². The standard InChI is InChI=1S/C15H13ClO2S/c1-10-2-8-13(9-3-10)19-14(15(17)18)11-4-6-12(16)7-5-11/h2-9,14H,1H3,(H,17,18)/t14-/m0/s1. The lowest BCUT2D eigenvalue weighted by Gasteiger charge is -2.12. The maximum atomic E-state index is 11.4. The molecule has 1 atom stereocenters. The molecule has 0 aliphatic heterocycles. The van der Waals surface area contributed by atoms with Crippen molar-refractivity contribution in [2.24, 2.45) is 0 Å². The number of halogens is 1. The first-order chi connectivity index (χ1) is 9.06. The molecule has 0 radical (unpaired) electrons. The smallest absolute Gasteiger partial charge is 0.321 e. The molecule has 98 valence electrons. The summed E-state index contributed by atoms with van der Waals surface area (Å²) < 4.78 is 0. The molecule has 0 saturated carbocycles. The van der Waals surface area contributed by atoms with Crippen molar-refractivity contribution in [2.45, 2.75) is 17.1 Å². The molecule has 4 heteroatoms. The van der Waals surface area contributed by atoms with Crippen LogP contribution in [0.5, 0.6) is 0 Å². The summed E-state index contributed by atoms with van der Waals surface area (Å²) in [6, 6.07) is 14.7. The first-order valence-corrected chi connectivity index (χ1v) is 7.03. The molecule has 0 aromatic heterocycles. The number of carboxylic acids is 1. The van der Waals surface area contributed by atoms with E-state index in [-0.39, 0.29) is 0 Å². The van der Waals surface area contributed by atoms with Gasteiger partial charge in [-0.3, -0.25) is 4.79 Å². The van der Waals surface area contributed by atoms with Gasteiger partial charge in [0.25, 0.3) is 0 Å². The highest BCUT2D eigenvalue weighted by Gasteiger charge is 2.21. The van der Waals surface area contributed by atoms with Gasteiger partial charge < -0.3 is 5.11 Å². The minimum atomic E-state index is -0.854. The molecule has 2 nitrogen and oxygen atoms in total. The molecule has 1 N–H and O–H groups in total. The molecule has 0 aliphatic carbocycles. The average molecular weight is 293 g/mol. The molecule has 0 saturated heterocycles. The first kappa shape index (κ1) is 14.0. The van der Waals surface area contributed by atoms with Gasteiger partial charge in [-0.15, -0.1) is 11.8 Å². The highest BCUT2D eigenvalue weighted by atomic mass is 35.5. The fourth-order valence-electron chi connectivity index (χ4n) is 1.65. The van der Waals surface area contributed by atoms with Crippen LogP contribution in [0.1, 0.15) is 16.4 Å². The van der Waals surface area contributed by atoms with Crippen LogP contribution in [0, 0.1) is 6.92 Å². The van der Waals surface area contributed by atoms with Gasteiger partial charge in [-0.1, -0.05) is 41.4 Å². The number of benzene rings is 2. The molecule has 19 heavy (non-hydrogen) atoms. The number of rotatable bonds is 4. The third kappa shape index (κ3) is 3.75. The Hall–Kier alpha value is -1.45. The highest BCUT2D eigenvalue weighted by molar-refractivity contribution is 8.00. The minimum Gasteiger partial charge on any atom is -0.480 e. The van der Waals surface area contributed by atoms with Crippen LogP contribution in [0.15, 0.2) is 53.4 Å². The van der Waals surface area contributed by atoms with Crippen LogP contribution in [-0.2, 0) is 4.79 Å². The van der Waals surface area contributed by atoms with Crippen LogP contribution in [0.3, 0.4) is 0 Å². The number of hydrogen-bond donors (Lipinski definition) is 1. The van der Waals surface area contributed by atoms with E-state index < -0.39 is 11.2 Å². The van der Waals surface area contributed by atoms with Gasteiger partial charge in [0.1, 0.15) is 5.25 Å². The quantitative estimate of drug-likeness (QED) is 0.839. The number of aliphatic carboxylic acids is 1. The van der Waals surface area contributed by atoms with Crippen molar-refractivity contribution in [3.63, 3.8) is 0 Å². The van der Waals surface area contributed by atoms with Crippen molar-refractivity contribution in [3.8, 4) is 0 Å². The highest BCUT2D eigenvalue weighted by Crippen LogP contribution is 2.35. The Bertz CT molecular complexity index is 564. The van der Waals surface area contributed by atoms with Crippen molar-refractivity contribution >= 4 is 29.3 Å². The Morgan fingerprint density at radius 2 is 1.68 bits per heavy atom. The average Bonchev–Trinajstić information content (AvgIpc) is 2.39. The zero-order valence-electron chi connectivity index (χ0n) is 10.3. The monoisotopic (exact) mass is 292 g/mol. The Labute approximate surface area is 121 Å². The predicted octanol–water partition coefficient (Wildman–Crippen LogP) is 4.57. The van der Waals surface area contributed by atoms with Gasteiger partial charge in [0, 0.05) is 9.92 Å².